The van der Waals surface area contributed by atoms with Gasteiger partial charge in [-0.3, -0.25) is 9.78 Å². The summed E-state index contributed by atoms with van der Waals surface area (Å²) < 4.78 is 5.72. The van der Waals surface area contributed by atoms with Crippen molar-refractivity contribution < 1.29 is 14.3 Å². The van der Waals surface area contributed by atoms with Gasteiger partial charge in [-0.1, -0.05) is 18.2 Å². The van der Waals surface area contributed by atoms with Crippen molar-refractivity contribution in [2.45, 2.75) is 31.3 Å². The molecule has 3 aromatic rings. The number of nitrogens with one attached hydrogen (secondary N) is 1. The molecule has 0 bridgehead atoms. The van der Waals surface area contributed by atoms with Crippen molar-refractivity contribution in [2.24, 2.45) is 5.92 Å². The number of ether oxygens (including phenoxy) is 1. The van der Waals surface area contributed by atoms with Crippen LogP contribution >= 0.6 is 0 Å². The van der Waals surface area contributed by atoms with Crippen molar-refractivity contribution in [3.8, 4) is 5.69 Å². The Morgan fingerprint density at radius 2 is 1.93 bits per heavy atom. The van der Waals surface area contributed by atoms with Crippen molar-refractivity contribution in [3.05, 3.63) is 66.1 Å². The second kappa shape index (κ2) is 6.80. The zero-order chi connectivity index (χ0) is 19.8. The van der Waals surface area contributed by atoms with Gasteiger partial charge in [0.1, 0.15) is 5.60 Å². The van der Waals surface area contributed by atoms with Gasteiger partial charge in [-0.2, -0.15) is 5.10 Å². The van der Waals surface area contributed by atoms with Gasteiger partial charge >= 0.3 is 5.97 Å². The molecule has 8 heteroatoms. The van der Waals surface area contributed by atoms with E-state index in [1.807, 2.05) is 30.3 Å². The van der Waals surface area contributed by atoms with Crippen molar-refractivity contribution in [3.63, 3.8) is 0 Å². The summed E-state index contributed by atoms with van der Waals surface area (Å²) in [6.07, 6.45) is 7.30. The summed E-state index contributed by atoms with van der Waals surface area (Å²) in [7, 11) is 0. The predicted octanol–water partition coefficient (Wildman–Crippen LogP) is 2.86. The summed E-state index contributed by atoms with van der Waals surface area (Å²) in [5, 5.41) is 11.4. The summed E-state index contributed by atoms with van der Waals surface area (Å²) in [5.41, 5.74) is 1.60. The average molecular weight is 389 g/mol. The van der Waals surface area contributed by atoms with Gasteiger partial charge in [0.25, 0.3) is 0 Å². The van der Waals surface area contributed by atoms with Crippen LogP contribution in [-0.2, 0) is 15.1 Å². The first-order chi connectivity index (χ1) is 14.1. The third-order valence-electron chi connectivity index (χ3n) is 5.71. The number of benzene rings is 1. The fraction of sp³-hybridized carbons (Fsp3) is 0.286. The maximum Gasteiger partial charge on any atom is 0.339 e. The van der Waals surface area contributed by atoms with Crippen LogP contribution in [0.3, 0.4) is 0 Å². The summed E-state index contributed by atoms with van der Waals surface area (Å²) in [4.78, 5) is 30.5. The van der Waals surface area contributed by atoms with Gasteiger partial charge in [-0.25, -0.2) is 4.79 Å². The number of pyridine rings is 1. The lowest BCUT2D eigenvalue weighted by molar-refractivity contribution is -0.122. The SMILES string of the molecule is O=C1OC2(CCC(C(=O)Nc3cnn(-c4ccccc4)n3)CC2)c2cnccc21. The summed E-state index contributed by atoms with van der Waals surface area (Å²) in [5.74, 6) is -0.138. The third-order valence-corrected chi connectivity index (χ3v) is 5.71. The first-order valence-electron chi connectivity index (χ1n) is 9.61. The maximum atomic E-state index is 12.7. The molecule has 2 aliphatic rings. The lowest BCUT2D eigenvalue weighted by Gasteiger charge is -2.35. The molecule has 1 amide bonds. The second-order valence-corrected chi connectivity index (χ2v) is 7.42. The maximum absolute atomic E-state index is 12.7. The molecule has 1 N–H and O–H groups in total. The molecular weight excluding hydrogens is 370 g/mol. The molecule has 146 valence electrons. The summed E-state index contributed by atoms with van der Waals surface area (Å²) >= 11 is 0. The highest BCUT2D eigenvalue weighted by Crippen LogP contribution is 2.47. The standard InChI is InChI=1S/C21H19N5O3/c27-19(24-18-13-23-26(25-18)15-4-2-1-3-5-15)14-6-9-21(10-7-14)17-12-22-11-8-16(17)20(28)29-21/h1-5,8,11-14H,6-7,9-10H2,(H,24,25,27). The Bertz CT molecular complexity index is 1070. The zero-order valence-corrected chi connectivity index (χ0v) is 15.6. The van der Waals surface area contributed by atoms with Crippen LogP contribution < -0.4 is 5.32 Å². The number of hydrogen-bond donors (Lipinski definition) is 1. The number of fused-ring (bicyclic) bond motifs is 2. The van der Waals surface area contributed by atoms with Gasteiger partial charge in [0.05, 0.1) is 17.4 Å². The quantitative estimate of drug-likeness (QED) is 0.692. The number of rotatable bonds is 3. The van der Waals surface area contributed by atoms with Crippen molar-refractivity contribution in [2.75, 3.05) is 5.32 Å². The van der Waals surface area contributed by atoms with E-state index in [2.05, 4.69) is 20.5 Å². The molecule has 1 aliphatic carbocycles. The van der Waals surface area contributed by atoms with Gasteiger partial charge < -0.3 is 10.1 Å². The fourth-order valence-corrected chi connectivity index (χ4v) is 4.17. The average Bonchev–Trinajstić information content (AvgIpc) is 3.33. The number of hydrogen-bond acceptors (Lipinski definition) is 6. The highest BCUT2D eigenvalue weighted by atomic mass is 16.6. The van der Waals surface area contributed by atoms with Crippen LogP contribution in [0.25, 0.3) is 5.69 Å². The highest BCUT2D eigenvalue weighted by molar-refractivity contribution is 5.95. The van der Waals surface area contributed by atoms with E-state index < -0.39 is 5.60 Å². The molecule has 29 heavy (non-hydrogen) atoms. The molecular formula is C21H19N5O3. The third kappa shape index (κ3) is 3.06. The minimum atomic E-state index is -0.645. The van der Waals surface area contributed by atoms with Gasteiger partial charge in [-0.05, 0) is 43.9 Å². The highest BCUT2D eigenvalue weighted by Gasteiger charge is 2.48. The molecule has 0 atom stereocenters. The number of amides is 1. The Hall–Kier alpha value is -3.55. The van der Waals surface area contributed by atoms with E-state index in [-0.39, 0.29) is 17.8 Å². The van der Waals surface area contributed by atoms with E-state index >= 15 is 0 Å². The van der Waals surface area contributed by atoms with Crippen LogP contribution in [0.1, 0.15) is 41.6 Å². The number of carbonyl (C=O) groups is 2. The van der Waals surface area contributed by atoms with E-state index in [0.29, 0.717) is 37.1 Å². The van der Waals surface area contributed by atoms with Crippen molar-refractivity contribution >= 4 is 17.7 Å². The minimum Gasteiger partial charge on any atom is -0.450 e. The predicted molar refractivity (Wildman–Crippen MR) is 103 cm³/mol. The van der Waals surface area contributed by atoms with Crippen LogP contribution in [-0.4, -0.2) is 31.9 Å². The molecule has 1 spiro atoms. The van der Waals surface area contributed by atoms with Crippen LogP contribution in [0.5, 0.6) is 0 Å². The molecule has 5 rings (SSSR count). The van der Waals surface area contributed by atoms with Crippen LogP contribution in [0.2, 0.25) is 0 Å². The largest absolute Gasteiger partial charge is 0.450 e. The van der Waals surface area contributed by atoms with Crippen molar-refractivity contribution in [1.82, 2.24) is 20.0 Å². The summed E-state index contributed by atoms with van der Waals surface area (Å²) in [6.45, 7) is 0. The first-order valence-corrected chi connectivity index (χ1v) is 9.61. The Labute approximate surface area is 166 Å². The monoisotopic (exact) mass is 389 g/mol. The number of nitrogens with zero attached hydrogens (tertiary/aromatic N) is 4. The fourth-order valence-electron chi connectivity index (χ4n) is 4.17. The lowest BCUT2D eigenvalue weighted by atomic mass is 9.75. The molecule has 3 heterocycles. The Kier molecular flexibility index (Phi) is 4.12. The smallest absolute Gasteiger partial charge is 0.339 e. The van der Waals surface area contributed by atoms with Gasteiger partial charge in [0.15, 0.2) is 5.82 Å². The molecule has 1 aromatic carbocycles. The van der Waals surface area contributed by atoms with E-state index in [1.165, 1.54) is 11.0 Å². The first kappa shape index (κ1) is 17.5. The molecule has 1 fully saturated rings. The van der Waals surface area contributed by atoms with Gasteiger partial charge in [-0.15, -0.1) is 9.90 Å². The number of aromatic nitrogens is 4. The molecule has 1 aliphatic heterocycles. The molecule has 0 radical (unpaired) electrons. The normalized spacial score (nSPS) is 22.9. The van der Waals surface area contributed by atoms with Crippen LogP contribution in [0, 0.1) is 5.92 Å². The van der Waals surface area contributed by atoms with Gasteiger partial charge in [0, 0.05) is 23.9 Å². The Morgan fingerprint density at radius 1 is 1.14 bits per heavy atom. The minimum absolute atomic E-state index is 0.0873. The number of esters is 1. The van der Waals surface area contributed by atoms with Gasteiger partial charge in [0.2, 0.25) is 5.91 Å². The number of anilines is 1. The number of para-hydroxylation sites is 1. The summed E-state index contributed by atoms with van der Waals surface area (Å²) in [6, 6.07) is 11.2. The zero-order valence-electron chi connectivity index (χ0n) is 15.6. The second-order valence-electron chi connectivity index (χ2n) is 7.42. The molecule has 0 saturated heterocycles. The van der Waals surface area contributed by atoms with Crippen molar-refractivity contribution in [1.29, 1.82) is 0 Å². The van der Waals surface area contributed by atoms with E-state index in [4.69, 9.17) is 4.74 Å². The van der Waals surface area contributed by atoms with E-state index in [1.54, 1.807) is 18.5 Å². The number of carbonyl (C=O) groups excluding carboxylic acids is 2. The topological polar surface area (TPSA) is 99.0 Å². The molecule has 8 nitrogen and oxygen atoms in total. The molecule has 1 saturated carbocycles. The Morgan fingerprint density at radius 3 is 2.72 bits per heavy atom. The van der Waals surface area contributed by atoms with E-state index in [9.17, 15) is 9.59 Å². The van der Waals surface area contributed by atoms with Crippen LogP contribution in [0.4, 0.5) is 5.82 Å². The Balaban J connectivity index is 1.25. The van der Waals surface area contributed by atoms with E-state index in [0.717, 1.165) is 11.3 Å². The lowest BCUT2D eigenvalue weighted by Crippen LogP contribution is -2.36. The van der Waals surface area contributed by atoms with Crippen LogP contribution in [0.15, 0.2) is 55.0 Å². The molecule has 2 aromatic heterocycles. The molecule has 0 unspecified atom stereocenters.